The van der Waals surface area contributed by atoms with Crippen LogP contribution in [0.1, 0.15) is 45.4 Å². The third kappa shape index (κ3) is 4.17. The number of nitrogens with zero attached hydrogens (tertiary/aromatic N) is 1. The summed E-state index contributed by atoms with van der Waals surface area (Å²) in [5, 5.41) is 8.94. The first-order chi connectivity index (χ1) is 8.02. The lowest BCUT2D eigenvalue weighted by Gasteiger charge is -2.21. The van der Waals surface area contributed by atoms with Gasteiger partial charge in [0.25, 0.3) is 0 Å². The number of Topliss-reactive ketones (excluding diaryl/α,β-unsaturated/α-hetero) is 1. The molecule has 1 saturated heterocycles. The minimum Gasteiger partial charge on any atom is -0.480 e. The Balaban J connectivity index is 2.32. The molecular formula is C12H19NO4. The van der Waals surface area contributed by atoms with E-state index in [0.29, 0.717) is 38.6 Å². The number of carboxylic acid groups (broad SMARTS) is 1. The summed E-state index contributed by atoms with van der Waals surface area (Å²) in [6.07, 6.45) is 3.51. The lowest BCUT2D eigenvalue weighted by atomic mass is 10.1. The molecule has 0 spiro atoms. The Morgan fingerprint density at radius 1 is 1.24 bits per heavy atom. The van der Waals surface area contributed by atoms with Gasteiger partial charge in [0.05, 0.1) is 0 Å². The second kappa shape index (κ2) is 6.37. The van der Waals surface area contributed by atoms with Crippen LogP contribution < -0.4 is 0 Å². The lowest BCUT2D eigenvalue weighted by molar-refractivity contribution is -0.148. The molecule has 0 bridgehead atoms. The van der Waals surface area contributed by atoms with Crippen LogP contribution in [-0.4, -0.2) is 40.3 Å². The van der Waals surface area contributed by atoms with Crippen LogP contribution in [0.15, 0.2) is 0 Å². The lowest BCUT2D eigenvalue weighted by Crippen LogP contribution is -2.40. The van der Waals surface area contributed by atoms with Gasteiger partial charge in [0.15, 0.2) is 0 Å². The molecule has 1 unspecified atom stereocenters. The van der Waals surface area contributed by atoms with E-state index in [2.05, 4.69) is 0 Å². The van der Waals surface area contributed by atoms with Crippen molar-refractivity contribution in [1.82, 2.24) is 4.90 Å². The number of hydrogen-bond acceptors (Lipinski definition) is 3. The van der Waals surface area contributed by atoms with Crippen LogP contribution >= 0.6 is 0 Å². The van der Waals surface area contributed by atoms with Crippen LogP contribution in [-0.2, 0) is 14.4 Å². The highest BCUT2D eigenvalue weighted by Gasteiger charge is 2.33. The first kappa shape index (κ1) is 13.7. The number of carbonyl (C=O) groups excluding carboxylic acids is 2. The molecule has 0 aromatic heterocycles. The Bertz CT molecular complexity index is 314. The molecule has 0 aliphatic carbocycles. The molecule has 1 heterocycles. The third-order valence-corrected chi connectivity index (χ3v) is 3.03. The van der Waals surface area contributed by atoms with E-state index in [1.54, 1.807) is 0 Å². The van der Waals surface area contributed by atoms with Crippen molar-refractivity contribution in [2.75, 3.05) is 6.54 Å². The van der Waals surface area contributed by atoms with E-state index in [-0.39, 0.29) is 11.7 Å². The summed E-state index contributed by atoms with van der Waals surface area (Å²) in [7, 11) is 0. The van der Waals surface area contributed by atoms with E-state index in [0.717, 1.165) is 6.42 Å². The van der Waals surface area contributed by atoms with Crippen molar-refractivity contribution in [3.8, 4) is 0 Å². The second-order valence-corrected chi connectivity index (χ2v) is 4.49. The number of amides is 1. The highest BCUT2D eigenvalue weighted by molar-refractivity contribution is 5.84. The topological polar surface area (TPSA) is 74.7 Å². The number of hydrogen-bond donors (Lipinski definition) is 1. The smallest absolute Gasteiger partial charge is 0.326 e. The quantitative estimate of drug-likeness (QED) is 0.709. The molecule has 5 heteroatoms. The predicted molar refractivity (Wildman–Crippen MR) is 61.5 cm³/mol. The van der Waals surface area contributed by atoms with Crippen molar-refractivity contribution < 1.29 is 19.5 Å². The van der Waals surface area contributed by atoms with Crippen molar-refractivity contribution >= 4 is 17.7 Å². The molecule has 0 radical (unpaired) electrons. The van der Waals surface area contributed by atoms with Crippen molar-refractivity contribution in [3.63, 3.8) is 0 Å². The predicted octanol–water partition coefficient (Wildman–Crippen LogP) is 1.21. The number of rotatable bonds is 6. The molecule has 1 N–H and O–H groups in total. The van der Waals surface area contributed by atoms with E-state index in [1.165, 1.54) is 11.8 Å². The molecule has 1 fully saturated rings. The first-order valence-electron chi connectivity index (χ1n) is 6.04. The highest BCUT2D eigenvalue weighted by atomic mass is 16.4. The zero-order chi connectivity index (χ0) is 12.8. The molecule has 17 heavy (non-hydrogen) atoms. The van der Waals surface area contributed by atoms with Gasteiger partial charge < -0.3 is 14.8 Å². The molecule has 96 valence electrons. The summed E-state index contributed by atoms with van der Waals surface area (Å²) in [5.41, 5.74) is 0. The van der Waals surface area contributed by atoms with Gasteiger partial charge in [0, 0.05) is 19.4 Å². The Kier molecular flexibility index (Phi) is 5.12. The normalized spacial score (nSPS) is 19.4. The minimum absolute atomic E-state index is 0.0987. The summed E-state index contributed by atoms with van der Waals surface area (Å²) < 4.78 is 0. The number of likely N-dealkylation sites (tertiary alicyclic amines) is 1. The van der Waals surface area contributed by atoms with E-state index in [4.69, 9.17) is 5.11 Å². The van der Waals surface area contributed by atoms with Gasteiger partial charge in [0.1, 0.15) is 11.8 Å². The molecule has 0 aromatic rings. The second-order valence-electron chi connectivity index (χ2n) is 4.49. The van der Waals surface area contributed by atoms with Crippen molar-refractivity contribution in [2.45, 2.75) is 51.5 Å². The van der Waals surface area contributed by atoms with Gasteiger partial charge in [-0.3, -0.25) is 4.79 Å². The van der Waals surface area contributed by atoms with E-state index >= 15 is 0 Å². The molecule has 1 atom stereocenters. The number of aliphatic carboxylic acids is 1. The first-order valence-corrected chi connectivity index (χ1v) is 6.04. The van der Waals surface area contributed by atoms with E-state index < -0.39 is 12.0 Å². The highest BCUT2D eigenvalue weighted by Crippen LogP contribution is 2.19. The average Bonchev–Trinajstić information content (AvgIpc) is 2.72. The molecule has 1 aliphatic heterocycles. The van der Waals surface area contributed by atoms with Crippen LogP contribution in [0.2, 0.25) is 0 Å². The number of unbranched alkanes of at least 4 members (excludes halogenated alkanes) is 1. The largest absolute Gasteiger partial charge is 0.480 e. The SMILES string of the molecule is CC(=O)CCCCC(=O)N1CCCC1C(=O)O. The van der Waals surface area contributed by atoms with Gasteiger partial charge in [-0.1, -0.05) is 0 Å². The van der Waals surface area contributed by atoms with E-state index in [1.807, 2.05) is 0 Å². The molecular weight excluding hydrogens is 222 g/mol. The Morgan fingerprint density at radius 2 is 1.88 bits per heavy atom. The van der Waals surface area contributed by atoms with E-state index in [9.17, 15) is 14.4 Å². The maximum atomic E-state index is 11.8. The van der Waals surface area contributed by atoms with Crippen molar-refractivity contribution in [3.05, 3.63) is 0 Å². The Hall–Kier alpha value is -1.39. The number of carbonyl (C=O) groups is 3. The Labute approximate surface area is 101 Å². The van der Waals surface area contributed by atoms with Crippen LogP contribution in [0.3, 0.4) is 0 Å². The summed E-state index contributed by atoms with van der Waals surface area (Å²) in [6, 6.07) is -0.643. The maximum absolute atomic E-state index is 11.8. The fraction of sp³-hybridized carbons (Fsp3) is 0.750. The molecule has 5 nitrogen and oxygen atoms in total. The summed E-state index contributed by atoms with van der Waals surface area (Å²) in [6.45, 7) is 2.07. The molecule has 0 saturated carbocycles. The van der Waals surface area contributed by atoms with Crippen LogP contribution in [0, 0.1) is 0 Å². The van der Waals surface area contributed by atoms with Gasteiger partial charge in [-0.15, -0.1) is 0 Å². The molecule has 1 aliphatic rings. The Morgan fingerprint density at radius 3 is 2.47 bits per heavy atom. The molecule has 1 amide bonds. The average molecular weight is 241 g/mol. The summed E-state index contributed by atoms with van der Waals surface area (Å²) in [5.74, 6) is -0.889. The fourth-order valence-electron chi connectivity index (χ4n) is 2.12. The van der Waals surface area contributed by atoms with Gasteiger partial charge >= 0.3 is 5.97 Å². The zero-order valence-electron chi connectivity index (χ0n) is 10.1. The monoisotopic (exact) mass is 241 g/mol. The third-order valence-electron chi connectivity index (χ3n) is 3.03. The number of carboxylic acids is 1. The van der Waals surface area contributed by atoms with Crippen molar-refractivity contribution in [1.29, 1.82) is 0 Å². The zero-order valence-corrected chi connectivity index (χ0v) is 10.1. The van der Waals surface area contributed by atoms with Crippen LogP contribution in [0.25, 0.3) is 0 Å². The van der Waals surface area contributed by atoms with Gasteiger partial charge in [-0.25, -0.2) is 4.79 Å². The minimum atomic E-state index is -0.917. The van der Waals surface area contributed by atoms with Gasteiger partial charge in [-0.05, 0) is 32.6 Å². The molecule has 0 aromatic carbocycles. The summed E-state index contributed by atoms with van der Waals surface area (Å²) >= 11 is 0. The van der Waals surface area contributed by atoms with Crippen LogP contribution in [0.4, 0.5) is 0 Å². The van der Waals surface area contributed by atoms with Gasteiger partial charge in [-0.2, -0.15) is 0 Å². The summed E-state index contributed by atoms with van der Waals surface area (Å²) in [4.78, 5) is 34.8. The van der Waals surface area contributed by atoms with Crippen molar-refractivity contribution in [2.24, 2.45) is 0 Å². The number of ketones is 1. The fourth-order valence-corrected chi connectivity index (χ4v) is 2.12. The van der Waals surface area contributed by atoms with Crippen LogP contribution in [0.5, 0.6) is 0 Å². The van der Waals surface area contributed by atoms with Gasteiger partial charge in [0.2, 0.25) is 5.91 Å². The maximum Gasteiger partial charge on any atom is 0.326 e. The standard InChI is InChI=1S/C12H19NO4/c1-9(14)5-2-3-7-11(15)13-8-4-6-10(13)12(16)17/h10H,2-8H2,1H3,(H,16,17). The molecule has 1 rings (SSSR count).